The van der Waals surface area contributed by atoms with E-state index in [0.717, 1.165) is 12.1 Å². The van der Waals surface area contributed by atoms with Crippen LogP contribution in [0.4, 0.5) is 13.2 Å². The van der Waals surface area contributed by atoms with Gasteiger partial charge in [-0.1, -0.05) is 31.5 Å². The van der Waals surface area contributed by atoms with Gasteiger partial charge in [0.25, 0.3) is 0 Å². The van der Waals surface area contributed by atoms with Crippen molar-refractivity contribution >= 4 is 22.6 Å². The fourth-order valence-electron chi connectivity index (χ4n) is 2.53. The van der Waals surface area contributed by atoms with E-state index in [1.165, 1.54) is 12.1 Å². The zero-order valence-corrected chi connectivity index (χ0v) is 12.6. The van der Waals surface area contributed by atoms with Gasteiger partial charge < -0.3 is 9.84 Å². The van der Waals surface area contributed by atoms with E-state index in [0.29, 0.717) is 10.6 Å². The first-order chi connectivity index (χ1) is 10.0. The highest BCUT2D eigenvalue weighted by Crippen LogP contribution is 2.59. The van der Waals surface area contributed by atoms with Crippen LogP contribution in [0, 0.1) is 17.3 Å². The molecule has 1 aliphatic rings. The van der Waals surface area contributed by atoms with Crippen molar-refractivity contribution < 1.29 is 27.8 Å². The first-order valence-electron chi connectivity index (χ1n) is 6.48. The summed E-state index contributed by atoms with van der Waals surface area (Å²) in [5.41, 5.74) is 0.119. The van der Waals surface area contributed by atoms with Crippen LogP contribution >= 0.6 is 11.6 Å². The highest BCUT2D eigenvalue weighted by Gasteiger charge is 2.61. The van der Waals surface area contributed by atoms with Crippen LogP contribution in [-0.4, -0.2) is 17.4 Å². The second-order valence-electron chi connectivity index (χ2n) is 5.75. The van der Waals surface area contributed by atoms with E-state index in [9.17, 15) is 18.0 Å². The van der Waals surface area contributed by atoms with E-state index >= 15 is 0 Å². The molecule has 1 aliphatic carbocycles. The molecule has 0 spiro atoms. The highest BCUT2D eigenvalue weighted by atomic mass is 35.5. The van der Waals surface area contributed by atoms with Gasteiger partial charge in [0.05, 0.1) is 5.92 Å². The lowest BCUT2D eigenvalue weighted by Gasteiger charge is -2.09. The van der Waals surface area contributed by atoms with Crippen LogP contribution in [0.25, 0.3) is 5.03 Å². The Hall–Kier alpha value is -1.69. The molecular weight excluding hydrogens is 321 g/mol. The van der Waals surface area contributed by atoms with Gasteiger partial charge >= 0.3 is 12.3 Å². The van der Waals surface area contributed by atoms with Crippen molar-refractivity contribution in [3.63, 3.8) is 0 Å². The van der Waals surface area contributed by atoms with E-state index < -0.39 is 18.2 Å². The maximum atomic E-state index is 12.1. The Morgan fingerprint density at radius 3 is 2.27 bits per heavy atom. The maximum absolute atomic E-state index is 12.1. The molecule has 0 heterocycles. The van der Waals surface area contributed by atoms with E-state index in [2.05, 4.69) is 4.74 Å². The van der Waals surface area contributed by atoms with Gasteiger partial charge in [0.15, 0.2) is 0 Å². The van der Waals surface area contributed by atoms with Crippen LogP contribution in [0.1, 0.15) is 19.4 Å². The van der Waals surface area contributed by atoms with Crippen molar-refractivity contribution in [3.05, 3.63) is 35.9 Å². The third-order valence-corrected chi connectivity index (χ3v) is 4.21. The Bertz CT molecular complexity index is 605. The zero-order valence-electron chi connectivity index (χ0n) is 11.8. The Morgan fingerprint density at radius 1 is 1.32 bits per heavy atom. The summed E-state index contributed by atoms with van der Waals surface area (Å²) in [6.07, 6.45) is -3.10. The van der Waals surface area contributed by atoms with E-state index in [4.69, 9.17) is 16.7 Å². The number of aliphatic carboxylic acids is 1. The van der Waals surface area contributed by atoms with E-state index in [1.54, 1.807) is 6.08 Å². The summed E-state index contributed by atoms with van der Waals surface area (Å²) in [5.74, 6) is -1.93. The molecule has 1 aromatic rings. The van der Waals surface area contributed by atoms with Gasteiger partial charge in [-0.05, 0) is 41.2 Å². The summed E-state index contributed by atoms with van der Waals surface area (Å²) in [5, 5.41) is 9.40. The fraction of sp³-hybridized carbons (Fsp3) is 0.400. The smallest absolute Gasteiger partial charge is 0.481 e. The van der Waals surface area contributed by atoms with Crippen molar-refractivity contribution in [3.8, 4) is 5.75 Å². The fourth-order valence-corrected chi connectivity index (χ4v) is 2.79. The van der Waals surface area contributed by atoms with Gasteiger partial charge in [-0.2, -0.15) is 0 Å². The molecule has 0 bridgehead atoms. The molecule has 1 N–H and O–H groups in total. The summed E-state index contributed by atoms with van der Waals surface area (Å²) in [4.78, 5) is 11.1. The molecule has 120 valence electrons. The number of allylic oxidation sites excluding steroid dienone is 1. The van der Waals surface area contributed by atoms with E-state index in [-0.39, 0.29) is 17.1 Å². The number of halogens is 4. The number of ether oxygens (including phenoxy) is 1. The van der Waals surface area contributed by atoms with Crippen LogP contribution < -0.4 is 4.74 Å². The zero-order chi connectivity index (χ0) is 16.7. The molecule has 2 rings (SSSR count). The lowest BCUT2D eigenvalue weighted by molar-refractivity contribution is -0.274. The molecule has 1 aromatic carbocycles. The lowest BCUT2D eigenvalue weighted by Crippen LogP contribution is -2.16. The number of benzene rings is 1. The summed E-state index contributed by atoms with van der Waals surface area (Å²) < 4.78 is 40.0. The van der Waals surface area contributed by atoms with E-state index in [1.807, 2.05) is 13.8 Å². The van der Waals surface area contributed by atoms with Gasteiger partial charge in [-0.3, -0.25) is 4.79 Å². The summed E-state index contributed by atoms with van der Waals surface area (Å²) in [7, 11) is 0. The SMILES string of the molecule is CC1(C)C(/C=C(\Cl)c2ccc(OC(F)(F)F)cc2)C1C(=O)O. The monoisotopic (exact) mass is 334 g/mol. The van der Waals surface area contributed by atoms with Crippen molar-refractivity contribution in [2.24, 2.45) is 17.3 Å². The molecule has 0 amide bonds. The maximum Gasteiger partial charge on any atom is 0.573 e. The average Bonchev–Trinajstić information content (AvgIpc) is 2.89. The third kappa shape index (κ3) is 3.55. The minimum absolute atomic E-state index is 0.205. The second-order valence-corrected chi connectivity index (χ2v) is 6.16. The number of carboxylic acid groups (broad SMARTS) is 1. The standard InChI is InChI=1S/C15H14ClF3O3/c1-14(2)10(12(14)13(20)21)7-11(16)8-3-5-9(6-4-8)22-15(17,18)19/h3-7,10,12H,1-2H3,(H,20,21)/b11-7-. The van der Waals surface area contributed by atoms with Crippen LogP contribution in [0.2, 0.25) is 0 Å². The van der Waals surface area contributed by atoms with Crippen molar-refractivity contribution in [2.75, 3.05) is 0 Å². The molecule has 0 radical (unpaired) electrons. The molecule has 0 aromatic heterocycles. The third-order valence-electron chi connectivity index (χ3n) is 3.87. The van der Waals surface area contributed by atoms with Gasteiger partial charge in [0.2, 0.25) is 0 Å². The highest BCUT2D eigenvalue weighted by molar-refractivity contribution is 6.48. The Labute approximate surface area is 130 Å². The predicted molar refractivity (Wildman–Crippen MR) is 75.4 cm³/mol. The molecule has 2 atom stereocenters. The summed E-state index contributed by atoms with van der Waals surface area (Å²) in [6.45, 7) is 3.66. The minimum atomic E-state index is -4.74. The molecule has 1 saturated carbocycles. The lowest BCUT2D eigenvalue weighted by atomic mass is 10.1. The molecule has 22 heavy (non-hydrogen) atoms. The van der Waals surface area contributed by atoms with Gasteiger partial charge in [0.1, 0.15) is 5.75 Å². The number of alkyl halides is 3. The predicted octanol–water partition coefficient (Wildman–Crippen LogP) is 4.52. The number of carbonyl (C=O) groups is 1. The Kier molecular flexibility index (Phi) is 4.17. The first kappa shape index (κ1) is 16.7. The Morgan fingerprint density at radius 2 is 1.86 bits per heavy atom. The van der Waals surface area contributed by atoms with Gasteiger partial charge in [-0.25, -0.2) is 0 Å². The molecule has 0 aliphatic heterocycles. The number of carboxylic acids is 1. The number of rotatable bonds is 4. The molecular formula is C15H14ClF3O3. The topological polar surface area (TPSA) is 46.5 Å². The quantitative estimate of drug-likeness (QED) is 0.880. The van der Waals surface area contributed by atoms with Crippen LogP contribution in [-0.2, 0) is 4.79 Å². The summed E-state index contributed by atoms with van der Waals surface area (Å²) in [6, 6.07) is 5.10. The average molecular weight is 335 g/mol. The second kappa shape index (κ2) is 5.50. The largest absolute Gasteiger partial charge is 0.573 e. The molecule has 7 heteroatoms. The van der Waals surface area contributed by atoms with Gasteiger partial charge in [-0.15, -0.1) is 13.2 Å². The number of hydrogen-bond acceptors (Lipinski definition) is 2. The number of hydrogen-bond donors (Lipinski definition) is 1. The first-order valence-corrected chi connectivity index (χ1v) is 6.86. The molecule has 0 saturated heterocycles. The molecule has 1 fully saturated rings. The van der Waals surface area contributed by atoms with Crippen LogP contribution in [0.15, 0.2) is 30.3 Å². The molecule has 2 unspecified atom stereocenters. The van der Waals surface area contributed by atoms with Crippen molar-refractivity contribution in [1.29, 1.82) is 0 Å². The molecule has 3 nitrogen and oxygen atoms in total. The van der Waals surface area contributed by atoms with Crippen molar-refractivity contribution in [2.45, 2.75) is 20.2 Å². The van der Waals surface area contributed by atoms with Crippen molar-refractivity contribution in [1.82, 2.24) is 0 Å². The van der Waals surface area contributed by atoms with Gasteiger partial charge in [0, 0.05) is 5.03 Å². The van der Waals surface area contributed by atoms with Crippen LogP contribution in [0.3, 0.4) is 0 Å². The summed E-state index contributed by atoms with van der Waals surface area (Å²) >= 11 is 6.13. The Balaban J connectivity index is 2.12. The van der Waals surface area contributed by atoms with Crippen LogP contribution in [0.5, 0.6) is 5.75 Å². The normalized spacial score (nSPS) is 24.0. The minimum Gasteiger partial charge on any atom is -0.481 e.